The average molecular weight is 351 g/mol. The van der Waals surface area contributed by atoms with Crippen molar-refractivity contribution < 1.29 is 22.5 Å². The maximum atomic E-state index is 11.9. The number of nitrogens with zero attached hydrogens (tertiary/aromatic N) is 1. The second kappa shape index (κ2) is 7.26. The second-order valence-electron chi connectivity index (χ2n) is 5.71. The number of rotatable bonds is 5. The lowest BCUT2D eigenvalue weighted by molar-refractivity contribution is 0.0502. The molecule has 0 spiro atoms. The van der Waals surface area contributed by atoms with Gasteiger partial charge < -0.3 is 10.1 Å². The van der Waals surface area contributed by atoms with Gasteiger partial charge in [0.1, 0.15) is 5.60 Å². The van der Waals surface area contributed by atoms with Gasteiger partial charge in [0.25, 0.3) is 10.1 Å². The number of carbonyl (C=O) groups excluding carboxylic acids is 1. The number of pyridine rings is 1. The Balaban J connectivity index is 2.89. The zero-order valence-corrected chi connectivity index (χ0v) is 14.1. The molecular weight excluding hydrogens is 332 g/mol. The summed E-state index contributed by atoms with van der Waals surface area (Å²) in [6, 6.07) is 0.851. The Labute approximate surface area is 134 Å². The molecule has 124 valence electrons. The van der Waals surface area contributed by atoms with Crippen molar-refractivity contribution >= 4 is 27.8 Å². The largest absolute Gasteiger partial charge is 0.444 e. The third kappa shape index (κ3) is 7.58. The third-order valence-electron chi connectivity index (χ3n) is 2.48. The highest BCUT2D eigenvalue weighted by atomic mass is 35.5. The second-order valence-corrected chi connectivity index (χ2v) is 7.72. The molecule has 0 aliphatic rings. The van der Waals surface area contributed by atoms with Crippen molar-refractivity contribution in [3.05, 3.63) is 29.0 Å². The van der Waals surface area contributed by atoms with Gasteiger partial charge in [-0.15, -0.1) is 0 Å². The fourth-order valence-electron chi connectivity index (χ4n) is 1.66. The van der Waals surface area contributed by atoms with E-state index in [9.17, 15) is 13.2 Å². The summed E-state index contributed by atoms with van der Waals surface area (Å²) in [6.45, 7) is 5.13. The molecule has 1 unspecified atom stereocenters. The van der Waals surface area contributed by atoms with Crippen molar-refractivity contribution in [1.29, 1.82) is 0 Å². The van der Waals surface area contributed by atoms with Gasteiger partial charge in [0, 0.05) is 12.4 Å². The molecule has 1 atom stereocenters. The summed E-state index contributed by atoms with van der Waals surface area (Å²) in [5.41, 5.74) is -0.174. The maximum Gasteiger partial charge on any atom is 0.408 e. The molecular formula is C13H19ClN2O5S. The van der Waals surface area contributed by atoms with Gasteiger partial charge >= 0.3 is 6.09 Å². The Bertz CT molecular complexity index is 628. The number of amides is 1. The van der Waals surface area contributed by atoms with Crippen molar-refractivity contribution in [2.75, 3.05) is 5.75 Å². The lowest BCUT2D eigenvalue weighted by atomic mass is 10.1. The SMILES string of the molecule is CC(C)(C)OC(=O)NC(CCS(=O)(=O)O)c1cncc(Cl)c1. The molecule has 1 heterocycles. The maximum absolute atomic E-state index is 11.9. The molecule has 1 rings (SSSR count). The lowest BCUT2D eigenvalue weighted by Crippen LogP contribution is -2.35. The zero-order chi connectivity index (χ0) is 17.0. The van der Waals surface area contributed by atoms with E-state index in [0.29, 0.717) is 10.6 Å². The number of hydrogen-bond acceptors (Lipinski definition) is 5. The minimum absolute atomic E-state index is 0.0416. The van der Waals surface area contributed by atoms with Crippen molar-refractivity contribution in [2.24, 2.45) is 0 Å². The molecule has 1 amide bonds. The molecule has 2 N–H and O–H groups in total. The first-order valence-corrected chi connectivity index (χ1v) is 8.50. The summed E-state index contributed by atoms with van der Waals surface area (Å²) in [5.74, 6) is -0.514. The smallest absolute Gasteiger partial charge is 0.408 e. The highest BCUT2D eigenvalue weighted by Gasteiger charge is 2.22. The van der Waals surface area contributed by atoms with E-state index in [0.717, 1.165) is 0 Å². The van der Waals surface area contributed by atoms with Gasteiger partial charge in [-0.3, -0.25) is 9.54 Å². The molecule has 1 aromatic rings. The number of nitrogens with one attached hydrogen (secondary N) is 1. The van der Waals surface area contributed by atoms with E-state index in [1.54, 1.807) is 26.8 Å². The Morgan fingerprint density at radius 2 is 2.09 bits per heavy atom. The first-order chi connectivity index (χ1) is 9.96. The van der Waals surface area contributed by atoms with E-state index in [4.69, 9.17) is 20.9 Å². The van der Waals surface area contributed by atoms with E-state index in [1.165, 1.54) is 12.4 Å². The molecule has 0 aromatic carbocycles. The van der Waals surface area contributed by atoms with E-state index in [2.05, 4.69) is 10.3 Å². The summed E-state index contributed by atoms with van der Waals surface area (Å²) in [4.78, 5) is 15.7. The summed E-state index contributed by atoms with van der Waals surface area (Å²) >= 11 is 5.85. The van der Waals surface area contributed by atoms with Crippen molar-refractivity contribution in [3.63, 3.8) is 0 Å². The average Bonchev–Trinajstić information content (AvgIpc) is 2.31. The molecule has 7 nitrogen and oxygen atoms in total. The van der Waals surface area contributed by atoms with E-state index in [1.807, 2.05) is 0 Å². The van der Waals surface area contributed by atoms with Crippen molar-refractivity contribution in [2.45, 2.75) is 38.8 Å². The molecule has 22 heavy (non-hydrogen) atoms. The van der Waals surface area contributed by atoms with Crippen LogP contribution in [-0.4, -0.2) is 35.4 Å². The van der Waals surface area contributed by atoms with Crippen LogP contribution in [0.3, 0.4) is 0 Å². The van der Waals surface area contributed by atoms with Crippen LogP contribution >= 0.6 is 11.6 Å². The number of alkyl carbamates (subject to hydrolysis) is 1. The predicted molar refractivity (Wildman–Crippen MR) is 82.4 cm³/mol. The normalized spacial score (nSPS) is 13.5. The number of aromatic nitrogens is 1. The van der Waals surface area contributed by atoms with E-state index >= 15 is 0 Å². The number of ether oxygens (including phenoxy) is 1. The molecule has 1 aromatic heterocycles. The fourth-order valence-corrected chi connectivity index (χ4v) is 2.37. The summed E-state index contributed by atoms with van der Waals surface area (Å²) < 4.78 is 35.8. The van der Waals surface area contributed by atoms with Crippen LogP contribution in [-0.2, 0) is 14.9 Å². The van der Waals surface area contributed by atoms with Gasteiger partial charge in [-0.1, -0.05) is 11.6 Å². The van der Waals surface area contributed by atoms with Gasteiger partial charge in [0.2, 0.25) is 0 Å². The quantitative estimate of drug-likeness (QED) is 0.790. The zero-order valence-electron chi connectivity index (χ0n) is 12.5. The van der Waals surface area contributed by atoms with E-state index < -0.39 is 33.6 Å². The van der Waals surface area contributed by atoms with Crippen LogP contribution in [0.4, 0.5) is 4.79 Å². The van der Waals surface area contributed by atoms with Gasteiger partial charge in [0.15, 0.2) is 0 Å². The lowest BCUT2D eigenvalue weighted by Gasteiger charge is -2.23. The van der Waals surface area contributed by atoms with Gasteiger partial charge in [0.05, 0.1) is 16.8 Å². The summed E-state index contributed by atoms with van der Waals surface area (Å²) in [6.07, 6.45) is 2.13. The molecule has 0 fully saturated rings. The topological polar surface area (TPSA) is 106 Å². The van der Waals surface area contributed by atoms with Gasteiger partial charge in [-0.25, -0.2) is 4.79 Å². The number of hydrogen-bond donors (Lipinski definition) is 2. The molecule has 9 heteroatoms. The Morgan fingerprint density at radius 3 is 2.59 bits per heavy atom. The molecule has 0 aliphatic carbocycles. The van der Waals surface area contributed by atoms with Gasteiger partial charge in [-0.2, -0.15) is 8.42 Å². The van der Waals surface area contributed by atoms with Crippen molar-refractivity contribution in [3.8, 4) is 0 Å². The number of carbonyl (C=O) groups is 1. The third-order valence-corrected chi connectivity index (χ3v) is 3.44. The van der Waals surface area contributed by atoms with E-state index in [-0.39, 0.29) is 6.42 Å². The molecule has 0 aliphatic heterocycles. The minimum Gasteiger partial charge on any atom is -0.444 e. The number of halogens is 1. The van der Waals surface area contributed by atoms with Crippen LogP contribution < -0.4 is 5.32 Å². The fraction of sp³-hybridized carbons (Fsp3) is 0.538. The van der Waals surface area contributed by atoms with Crippen LogP contribution in [0.2, 0.25) is 5.02 Å². The van der Waals surface area contributed by atoms with Crippen LogP contribution in [0.1, 0.15) is 38.8 Å². The van der Waals surface area contributed by atoms with Crippen molar-refractivity contribution in [1.82, 2.24) is 10.3 Å². The Morgan fingerprint density at radius 1 is 1.45 bits per heavy atom. The first kappa shape index (κ1) is 18.7. The molecule has 0 radical (unpaired) electrons. The molecule has 0 saturated carbocycles. The predicted octanol–water partition coefficient (Wildman–Crippen LogP) is 2.58. The van der Waals surface area contributed by atoms with Crippen LogP contribution in [0.5, 0.6) is 0 Å². The highest BCUT2D eigenvalue weighted by Crippen LogP contribution is 2.21. The van der Waals surface area contributed by atoms with Gasteiger partial charge in [-0.05, 0) is 38.8 Å². The summed E-state index contributed by atoms with van der Waals surface area (Å²) in [7, 11) is -4.15. The minimum atomic E-state index is -4.15. The Kier molecular flexibility index (Phi) is 6.16. The Hall–Kier alpha value is -1.38. The molecule has 0 saturated heterocycles. The first-order valence-electron chi connectivity index (χ1n) is 6.51. The highest BCUT2D eigenvalue weighted by molar-refractivity contribution is 7.85. The van der Waals surface area contributed by atoms with Crippen LogP contribution in [0.15, 0.2) is 18.5 Å². The molecule has 0 bridgehead atoms. The van der Waals surface area contributed by atoms with Crippen LogP contribution in [0, 0.1) is 0 Å². The standard InChI is InChI=1S/C13H19ClN2O5S/c1-13(2,3)21-12(17)16-11(4-5-22(18,19)20)9-6-10(14)8-15-7-9/h6-8,11H,4-5H2,1-3H3,(H,16,17)(H,18,19,20). The van der Waals surface area contributed by atoms with Crippen LogP contribution in [0.25, 0.3) is 0 Å². The monoisotopic (exact) mass is 350 g/mol. The summed E-state index contributed by atoms with van der Waals surface area (Å²) in [5, 5.41) is 2.90.